The van der Waals surface area contributed by atoms with E-state index < -0.39 is 0 Å². The molecule has 4 N–H and O–H groups in total. The molecule has 0 unspecified atom stereocenters. The maximum atomic E-state index is 12.8. The van der Waals surface area contributed by atoms with Crippen molar-refractivity contribution < 1.29 is 4.79 Å². The van der Waals surface area contributed by atoms with Gasteiger partial charge in [0, 0.05) is 29.2 Å². The van der Waals surface area contributed by atoms with Crippen LogP contribution in [0.2, 0.25) is 0 Å². The molecule has 0 bridgehead atoms. The number of hydrogen-bond donors (Lipinski definition) is 4. The van der Waals surface area contributed by atoms with Gasteiger partial charge in [-0.15, -0.1) is 0 Å². The zero-order chi connectivity index (χ0) is 25.2. The monoisotopic (exact) mass is 469 g/mol. The second kappa shape index (κ2) is 9.72. The minimum absolute atomic E-state index is 0.0282. The molecule has 1 aromatic heterocycles. The van der Waals surface area contributed by atoms with Gasteiger partial charge in [-0.1, -0.05) is 6.07 Å². The summed E-state index contributed by atoms with van der Waals surface area (Å²) in [5.41, 5.74) is 5.91. The number of amides is 1. The van der Waals surface area contributed by atoms with Gasteiger partial charge in [-0.05, 0) is 94.6 Å². The quantitative estimate of drug-likeness (QED) is 0.415. The Morgan fingerprint density at radius 2 is 1.89 bits per heavy atom. The highest BCUT2D eigenvalue weighted by Gasteiger charge is 2.26. The van der Waals surface area contributed by atoms with Crippen molar-refractivity contribution >= 4 is 29.0 Å². The predicted molar refractivity (Wildman–Crippen MR) is 138 cm³/mol. The number of hydrogen-bond acceptors (Lipinski definition) is 7. The van der Waals surface area contributed by atoms with Crippen LogP contribution in [0, 0.1) is 18.3 Å². The lowest BCUT2D eigenvalue weighted by molar-refractivity contribution is 0.0943. The number of nitrogens with zero attached hydrogens (tertiary/aromatic N) is 3. The molecule has 180 valence electrons. The SMILES string of the molecule is Cc1cc(Nc2nc(Nc3ccc4c(c3)CCNC4(C)C)ncc2C(=O)NC(C)C)ccc1C#N. The summed E-state index contributed by atoms with van der Waals surface area (Å²) in [6.45, 7) is 11.0. The lowest BCUT2D eigenvalue weighted by Gasteiger charge is -2.34. The molecule has 0 spiro atoms. The van der Waals surface area contributed by atoms with E-state index in [1.54, 1.807) is 12.1 Å². The lowest BCUT2D eigenvalue weighted by atomic mass is 9.85. The largest absolute Gasteiger partial charge is 0.350 e. The Bertz CT molecular complexity index is 1310. The van der Waals surface area contributed by atoms with Gasteiger partial charge in [0.1, 0.15) is 11.4 Å². The number of benzene rings is 2. The van der Waals surface area contributed by atoms with Crippen molar-refractivity contribution in [1.82, 2.24) is 20.6 Å². The highest BCUT2D eigenvalue weighted by Crippen LogP contribution is 2.31. The third kappa shape index (κ3) is 5.42. The number of anilines is 4. The van der Waals surface area contributed by atoms with Crippen LogP contribution < -0.4 is 21.3 Å². The minimum atomic E-state index is -0.261. The van der Waals surface area contributed by atoms with Crippen LogP contribution in [-0.4, -0.2) is 28.5 Å². The van der Waals surface area contributed by atoms with E-state index in [1.165, 1.54) is 17.3 Å². The Labute approximate surface area is 206 Å². The predicted octanol–water partition coefficient (Wildman–Crippen LogP) is 4.66. The summed E-state index contributed by atoms with van der Waals surface area (Å²) >= 11 is 0. The van der Waals surface area contributed by atoms with Crippen molar-refractivity contribution in [3.05, 3.63) is 70.4 Å². The Morgan fingerprint density at radius 3 is 2.60 bits per heavy atom. The van der Waals surface area contributed by atoms with Gasteiger partial charge in [0.15, 0.2) is 0 Å². The van der Waals surface area contributed by atoms with Gasteiger partial charge in [0.2, 0.25) is 5.95 Å². The number of carbonyl (C=O) groups excluding carboxylic acids is 1. The average molecular weight is 470 g/mol. The second-order valence-electron chi connectivity index (χ2n) is 9.65. The van der Waals surface area contributed by atoms with Gasteiger partial charge in [-0.3, -0.25) is 4.79 Å². The van der Waals surface area contributed by atoms with Crippen LogP contribution in [0.25, 0.3) is 0 Å². The molecule has 0 saturated carbocycles. The molecule has 1 amide bonds. The Balaban J connectivity index is 1.66. The molecule has 0 atom stereocenters. The van der Waals surface area contributed by atoms with Gasteiger partial charge >= 0.3 is 0 Å². The Hall–Kier alpha value is -3.96. The number of rotatable bonds is 6. The van der Waals surface area contributed by atoms with Crippen molar-refractivity contribution in [3.63, 3.8) is 0 Å². The molecule has 4 rings (SSSR count). The first-order valence-corrected chi connectivity index (χ1v) is 11.8. The molecular weight excluding hydrogens is 438 g/mol. The van der Waals surface area contributed by atoms with Crippen molar-refractivity contribution in [2.75, 3.05) is 17.2 Å². The number of nitriles is 1. The van der Waals surface area contributed by atoms with E-state index >= 15 is 0 Å². The third-order valence-corrected chi connectivity index (χ3v) is 6.06. The summed E-state index contributed by atoms with van der Waals surface area (Å²) in [7, 11) is 0. The fraction of sp³-hybridized carbons (Fsp3) is 0.333. The van der Waals surface area contributed by atoms with Crippen LogP contribution in [0.5, 0.6) is 0 Å². The molecule has 8 heteroatoms. The normalized spacial score (nSPS) is 14.1. The molecule has 1 aliphatic heterocycles. The molecule has 0 radical (unpaired) electrons. The third-order valence-electron chi connectivity index (χ3n) is 6.06. The van der Waals surface area contributed by atoms with Crippen molar-refractivity contribution in [2.45, 2.75) is 52.6 Å². The van der Waals surface area contributed by atoms with Crippen molar-refractivity contribution in [2.24, 2.45) is 0 Å². The van der Waals surface area contributed by atoms with E-state index in [4.69, 9.17) is 0 Å². The maximum Gasteiger partial charge on any atom is 0.256 e. The number of fused-ring (bicyclic) bond motifs is 1. The van der Waals surface area contributed by atoms with Crippen LogP contribution in [0.1, 0.15) is 60.3 Å². The number of aryl methyl sites for hydroxylation is 1. The van der Waals surface area contributed by atoms with Gasteiger partial charge in [0.25, 0.3) is 5.91 Å². The molecule has 3 aromatic rings. The molecule has 2 aromatic carbocycles. The van der Waals surface area contributed by atoms with Crippen LogP contribution in [0.4, 0.5) is 23.1 Å². The summed E-state index contributed by atoms with van der Waals surface area (Å²) in [5.74, 6) is 0.503. The molecule has 1 aliphatic rings. The molecular formula is C27H31N7O. The highest BCUT2D eigenvalue weighted by molar-refractivity contribution is 5.99. The molecule has 2 heterocycles. The van der Waals surface area contributed by atoms with E-state index in [2.05, 4.69) is 63.3 Å². The molecule has 0 aliphatic carbocycles. The number of nitrogens with one attached hydrogen (secondary N) is 4. The van der Waals surface area contributed by atoms with Crippen molar-refractivity contribution in [1.29, 1.82) is 5.26 Å². The Kier molecular flexibility index (Phi) is 6.72. The highest BCUT2D eigenvalue weighted by atomic mass is 16.1. The molecule has 0 saturated heterocycles. The second-order valence-corrected chi connectivity index (χ2v) is 9.65. The van der Waals surface area contributed by atoms with Crippen LogP contribution in [0.15, 0.2) is 42.6 Å². The zero-order valence-electron chi connectivity index (χ0n) is 20.8. The van der Waals surface area contributed by atoms with E-state index in [1.807, 2.05) is 32.9 Å². The van der Waals surface area contributed by atoms with Crippen LogP contribution in [0.3, 0.4) is 0 Å². The summed E-state index contributed by atoms with van der Waals surface area (Å²) in [4.78, 5) is 21.9. The summed E-state index contributed by atoms with van der Waals surface area (Å²) in [5, 5.41) is 22.2. The topological polar surface area (TPSA) is 115 Å². The number of carbonyl (C=O) groups is 1. The first-order chi connectivity index (χ1) is 16.7. The van der Waals surface area contributed by atoms with Gasteiger partial charge in [-0.2, -0.15) is 10.2 Å². The summed E-state index contributed by atoms with van der Waals surface area (Å²) in [6.07, 6.45) is 2.48. The van der Waals surface area contributed by atoms with E-state index in [0.29, 0.717) is 22.9 Å². The molecule has 8 nitrogen and oxygen atoms in total. The number of aromatic nitrogens is 2. The van der Waals surface area contributed by atoms with Crippen LogP contribution >= 0.6 is 0 Å². The first-order valence-electron chi connectivity index (χ1n) is 11.8. The Morgan fingerprint density at radius 1 is 1.14 bits per heavy atom. The van der Waals surface area contributed by atoms with E-state index in [-0.39, 0.29) is 17.5 Å². The standard InChI is InChI=1S/C27H31N7O/c1-16(2)31-25(35)22-15-29-26(34-24(22)32-20-7-6-19(14-28)17(3)12-20)33-21-8-9-23-18(13-21)10-11-30-27(23,4)5/h6-9,12-13,15-16,30H,10-11H2,1-5H3,(H,31,35)(H2,29,32,33,34). The maximum absolute atomic E-state index is 12.8. The fourth-order valence-electron chi connectivity index (χ4n) is 4.27. The first kappa shape index (κ1) is 24.2. The average Bonchev–Trinajstić information content (AvgIpc) is 2.78. The smallest absolute Gasteiger partial charge is 0.256 e. The van der Waals surface area contributed by atoms with Crippen molar-refractivity contribution in [3.8, 4) is 6.07 Å². The zero-order valence-corrected chi connectivity index (χ0v) is 20.8. The van der Waals surface area contributed by atoms with Gasteiger partial charge in [0.05, 0.1) is 11.6 Å². The van der Waals surface area contributed by atoms with Crippen LogP contribution in [-0.2, 0) is 12.0 Å². The lowest BCUT2D eigenvalue weighted by Crippen LogP contribution is -2.42. The molecule has 0 fully saturated rings. The van der Waals surface area contributed by atoms with Gasteiger partial charge in [-0.25, -0.2) is 4.98 Å². The minimum Gasteiger partial charge on any atom is -0.350 e. The molecule has 35 heavy (non-hydrogen) atoms. The van der Waals surface area contributed by atoms with E-state index in [0.717, 1.165) is 29.9 Å². The summed E-state index contributed by atoms with van der Waals surface area (Å²) < 4.78 is 0. The van der Waals surface area contributed by atoms with E-state index in [9.17, 15) is 10.1 Å². The summed E-state index contributed by atoms with van der Waals surface area (Å²) in [6, 6.07) is 13.8. The fourth-order valence-corrected chi connectivity index (χ4v) is 4.27. The van der Waals surface area contributed by atoms with Gasteiger partial charge < -0.3 is 21.3 Å².